The van der Waals surface area contributed by atoms with E-state index in [2.05, 4.69) is 0 Å². The van der Waals surface area contributed by atoms with Crippen molar-refractivity contribution in [3.8, 4) is 6.07 Å². The highest BCUT2D eigenvalue weighted by atomic mass is 32.2. The minimum Gasteiger partial charge on any atom is -0.330 e. The summed E-state index contributed by atoms with van der Waals surface area (Å²) in [7, 11) is 0. The summed E-state index contributed by atoms with van der Waals surface area (Å²) in [4.78, 5) is 13.5. The first-order valence-corrected chi connectivity index (χ1v) is 6.95. The number of nitrogens with two attached hydrogens (primary N) is 1. The molecule has 0 aliphatic carbocycles. The molecule has 0 aliphatic heterocycles. The molecule has 2 N–H and O–H groups in total. The molecular formula is C13H17N3OS. The molecule has 0 heterocycles. The molecule has 0 atom stereocenters. The van der Waals surface area contributed by atoms with Crippen LogP contribution in [0.2, 0.25) is 0 Å². The number of thioether (sulfide) groups is 1. The molecule has 0 radical (unpaired) electrons. The molecule has 18 heavy (non-hydrogen) atoms. The van der Waals surface area contributed by atoms with Crippen molar-refractivity contribution < 1.29 is 4.79 Å². The lowest BCUT2D eigenvalue weighted by atomic mass is 10.3. The Morgan fingerprint density at radius 1 is 1.39 bits per heavy atom. The highest BCUT2D eigenvalue weighted by molar-refractivity contribution is 7.99. The van der Waals surface area contributed by atoms with Crippen LogP contribution in [-0.4, -0.2) is 30.5 Å². The van der Waals surface area contributed by atoms with Gasteiger partial charge in [0.05, 0.1) is 11.8 Å². The van der Waals surface area contributed by atoms with E-state index in [1.807, 2.05) is 36.4 Å². The van der Waals surface area contributed by atoms with Gasteiger partial charge in [0, 0.05) is 5.69 Å². The molecule has 0 saturated carbocycles. The first-order valence-electron chi connectivity index (χ1n) is 5.79. The normalized spacial score (nSPS) is 9.78. The maximum atomic E-state index is 12.0. The largest absolute Gasteiger partial charge is 0.330 e. The lowest BCUT2D eigenvalue weighted by Crippen LogP contribution is -2.32. The van der Waals surface area contributed by atoms with Gasteiger partial charge in [-0.15, -0.1) is 0 Å². The third-order valence-electron chi connectivity index (χ3n) is 2.32. The van der Waals surface area contributed by atoms with Crippen molar-refractivity contribution in [2.45, 2.75) is 6.42 Å². The number of hydrogen-bond donors (Lipinski definition) is 1. The number of carbonyl (C=O) groups excluding carboxylic acids is 1. The first kappa shape index (κ1) is 14.6. The fraction of sp³-hybridized carbons (Fsp3) is 0.385. The molecule has 0 bridgehead atoms. The van der Waals surface area contributed by atoms with E-state index in [-0.39, 0.29) is 12.5 Å². The Kier molecular flexibility index (Phi) is 6.92. The van der Waals surface area contributed by atoms with Crippen molar-refractivity contribution in [3.63, 3.8) is 0 Å². The average Bonchev–Trinajstić information content (AvgIpc) is 2.41. The summed E-state index contributed by atoms with van der Waals surface area (Å²) in [5.41, 5.74) is 6.16. The molecule has 0 saturated heterocycles. The molecule has 96 valence electrons. The summed E-state index contributed by atoms with van der Waals surface area (Å²) in [6.45, 7) is 0.724. The number of nitriles is 1. The monoisotopic (exact) mass is 263 g/mol. The fourth-order valence-corrected chi connectivity index (χ4v) is 2.27. The second-order valence-electron chi connectivity index (χ2n) is 3.67. The standard InChI is InChI=1S/C13H17N3OS/c14-7-4-10-18-11-13(17)16(9-8-15)12-5-2-1-3-6-12/h1-3,5-6H,4,7,9-11,14H2. The number of benzene rings is 1. The van der Waals surface area contributed by atoms with Crippen LogP contribution in [-0.2, 0) is 4.79 Å². The van der Waals surface area contributed by atoms with Gasteiger partial charge in [-0.2, -0.15) is 17.0 Å². The van der Waals surface area contributed by atoms with Gasteiger partial charge in [-0.1, -0.05) is 18.2 Å². The van der Waals surface area contributed by atoms with Gasteiger partial charge >= 0.3 is 0 Å². The van der Waals surface area contributed by atoms with Crippen LogP contribution in [0, 0.1) is 11.3 Å². The third-order valence-corrected chi connectivity index (χ3v) is 3.34. The highest BCUT2D eigenvalue weighted by Crippen LogP contribution is 2.15. The first-order chi connectivity index (χ1) is 8.79. The van der Waals surface area contributed by atoms with Crippen LogP contribution in [0.15, 0.2) is 30.3 Å². The minimum atomic E-state index is -0.0372. The molecule has 0 aromatic heterocycles. The fourth-order valence-electron chi connectivity index (χ4n) is 1.42. The number of amides is 1. The number of para-hydroxylation sites is 1. The lowest BCUT2D eigenvalue weighted by molar-refractivity contribution is -0.116. The molecule has 0 spiro atoms. The van der Waals surface area contributed by atoms with Crippen LogP contribution in [0.4, 0.5) is 5.69 Å². The Morgan fingerprint density at radius 2 is 2.11 bits per heavy atom. The maximum absolute atomic E-state index is 12.0. The van der Waals surface area contributed by atoms with E-state index in [1.54, 1.807) is 11.8 Å². The summed E-state index contributed by atoms with van der Waals surface area (Å²) in [6, 6.07) is 11.3. The second kappa shape index (κ2) is 8.56. The molecular weight excluding hydrogens is 246 g/mol. The van der Waals surface area contributed by atoms with Gasteiger partial charge < -0.3 is 5.73 Å². The Balaban J connectivity index is 2.57. The lowest BCUT2D eigenvalue weighted by Gasteiger charge is -2.19. The molecule has 0 unspecified atom stereocenters. The Hall–Kier alpha value is -1.51. The van der Waals surface area contributed by atoms with E-state index in [9.17, 15) is 4.79 Å². The van der Waals surface area contributed by atoms with Crippen LogP contribution in [0.3, 0.4) is 0 Å². The van der Waals surface area contributed by atoms with Crippen LogP contribution < -0.4 is 10.6 Å². The van der Waals surface area contributed by atoms with Gasteiger partial charge in [0.15, 0.2) is 0 Å². The quantitative estimate of drug-likeness (QED) is 0.599. The topological polar surface area (TPSA) is 70.1 Å². The molecule has 0 fully saturated rings. The van der Waals surface area contributed by atoms with Crippen molar-refractivity contribution in [1.29, 1.82) is 5.26 Å². The molecule has 1 aromatic rings. The predicted molar refractivity (Wildman–Crippen MR) is 75.4 cm³/mol. The van der Waals surface area contributed by atoms with Gasteiger partial charge in [-0.05, 0) is 30.9 Å². The van der Waals surface area contributed by atoms with Crippen molar-refractivity contribution in [1.82, 2.24) is 0 Å². The van der Waals surface area contributed by atoms with Crippen molar-refractivity contribution in [2.24, 2.45) is 5.73 Å². The molecule has 4 nitrogen and oxygen atoms in total. The number of nitrogens with zero attached hydrogens (tertiary/aromatic N) is 2. The third kappa shape index (κ3) is 4.78. The Labute approximate surface area is 112 Å². The van der Waals surface area contributed by atoms with Crippen LogP contribution in [0.5, 0.6) is 0 Å². The van der Waals surface area contributed by atoms with Gasteiger partial charge in [0.2, 0.25) is 5.91 Å². The van der Waals surface area contributed by atoms with Crippen molar-refractivity contribution in [2.75, 3.05) is 29.5 Å². The average molecular weight is 263 g/mol. The molecule has 1 amide bonds. The van der Waals surface area contributed by atoms with E-state index < -0.39 is 0 Å². The summed E-state index contributed by atoms with van der Waals surface area (Å²) in [5.74, 6) is 1.22. The van der Waals surface area contributed by atoms with Crippen molar-refractivity contribution >= 4 is 23.4 Å². The number of hydrogen-bond acceptors (Lipinski definition) is 4. The smallest absolute Gasteiger partial charge is 0.237 e. The summed E-state index contributed by atoms with van der Waals surface area (Å²) < 4.78 is 0. The van der Waals surface area contributed by atoms with Crippen molar-refractivity contribution in [3.05, 3.63) is 30.3 Å². The Morgan fingerprint density at radius 3 is 2.72 bits per heavy atom. The zero-order valence-electron chi connectivity index (χ0n) is 10.2. The van der Waals surface area contributed by atoms with E-state index >= 15 is 0 Å². The number of carbonyl (C=O) groups is 1. The van der Waals surface area contributed by atoms with Crippen LogP contribution in [0.25, 0.3) is 0 Å². The number of anilines is 1. The van der Waals surface area contributed by atoms with E-state index in [1.165, 1.54) is 4.90 Å². The van der Waals surface area contributed by atoms with E-state index in [0.29, 0.717) is 12.3 Å². The van der Waals surface area contributed by atoms with E-state index in [4.69, 9.17) is 11.0 Å². The Bertz CT molecular complexity index is 402. The van der Waals surface area contributed by atoms with Gasteiger partial charge in [0.25, 0.3) is 0 Å². The van der Waals surface area contributed by atoms with E-state index in [0.717, 1.165) is 17.9 Å². The van der Waals surface area contributed by atoms with Gasteiger partial charge in [-0.25, -0.2) is 0 Å². The minimum absolute atomic E-state index is 0.0372. The summed E-state index contributed by atoms with van der Waals surface area (Å²) >= 11 is 1.55. The highest BCUT2D eigenvalue weighted by Gasteiger charge is 2.14. The van der Waals surface area contributed by atoms with Gasteiger partial charge in [-0.3, -0.25) is 9.69 Å². The van der Waals surface area contributed by atoms with Gasteiger partial charge in [0.1, 0.15) is 6.54 Å². The SMILES string of the molecule is N#CCN(C(=O)CSCCCN)c1ccccc1. The number of rotatable bonds is 7. The molecule has 0 aliphatic rings. The van der Waals surface area contributed by atoms with Crippen LogP contribution >= 0.6 is 11.8 Å². The second-order valence-corrected chi connectivity index (χ2v) is 4.77. The molecule has 1 rings (SSSR count). The predicted octanol–water partition coefficient (Wildman–Crippen LogP) is 1.63. The summed E-state index contributed by atoms with van der Waals surface area (Å²) in [5, 5.41) is 8.79. The maximum Gasteiger partial charge on any atom is 0.237 e. The zero-order valence-corrected chi connectivity index (χ0v) is 11.0. The van der Waals surface area contributed by atoms with Crippen LogP contribution in [0.1, 0.15) is 6.42 Å². The summed E-state index contributed by atoms with van der Waals surface area (Å²) in [6.07, 6.45) is 0.904. The molecule has 1 aromatic carbocycles. The zero-order chi connectivity index (χ0) is 13.2. The molecule has 5 heteroatoms.